The van der Waals surface area contributed by atoms with E-state index in [0.29, 0.717) is 23.5 Å². The summed E-state index contributed by atoms with van der Waals surface area (Å²) in [6.07, 6.45) is 0.839. The van der Waals surface area contributed by atoms with E-state index in [1.807, 2.05) is 61.7 Å². The standard InChI is InChI=1S/C25H27N3O3S/c1-5-17-7-10-19(11-8-17)27-24(29)15(3)28-21-13-18(20-14-32-16(4)26-20)9-12-23(21)31-22(6-2)25(28)30/h7-15,22H,5-6H2,1-4H3,(H,27,29). The zero-order chi connectivity index (χ0) is 22.8. The summed E-state index contributed by atoms with van der Waals surface area (Å²) in [5.74, 6) is 0.134. The summed E-state index contributed by atoms with van der Waals surface area (Å²) < 4.78 is 5.95. The SMILES string of the molecule is CCc1ccc(NC(=O)C(C)N2C(=O)C(CC)Oc3ccc(-c4csc(C)n4)cc32)cc1. The van der Waals surface area contributed by atoms with Crippen LogP contribution in [0.25, 0.3) is 11.3 Å². The number of nitrogens with one attached hydrogen (secondary N) is 1. The van der Waals surface area contributed by atoms with Crippen molar-refractivity contribution >= 4 is 34.5 Å². The van der Waals surface area contributed by atoms with Crippen LogP contribution in [0.15, 0.2) is 47.8 Å². The molecule has 0 fully saturated rings. The van der Waals surface area contributed by atoms with Crippen molar-refractivity contribution in [3.05, 3.63) is 58.4 Å². The van der Waals surface area contributed by atoms with Gasteiger partial charge >= 0.3 is 0 Å². The fourth-order valence-electron chi connectivity index (χ4n) is 3.78. The second-order valence-electron chi connectivity index (χ2n) is 7.87. The number of ether oxygens (including phenoxy) is 1. The van der Waals surface area contributed by atoms with E-state index >= 15 is 0 Å². The van der Waals surface area contributed by atoms with Crippen molar-refractivity contribution in [2.75, 3.05) is 10.2 Å². The molecule has 0 bridgehead atoms. The Morgan fingerprint density at radius 2 is 1.97 bits per heavy atom. The van der Waals surface area contributed by atoms with E-state index in [0.717, 1.165) is 22.7 Å². The summed E-state index contributed by atoms with van der Waals surface area (Å²) in [5.41, 5.74) is 4.22. The number of carbonyl (C=O) groups excluding carboxylic acids is 2. The van der Waals surface area contributed by atoms with Crippen molar-refractivity contribution in [1.29, 1.82) is 0 Å². The first-order valence-electron chi connectivity index (χ1n) is 10.9. The molecule has 1 N–H and O–H groups in total. The number of hydrogen-bond donors (Lipinski definition) is 1. The first-order chi connectivity index (χ1) is 15.4. The van der Waals surface area contributed by atoms with E-state index in [1.165, 1.54) is 5.56 Å². The van der Waals surface area contributed by atoms with Crippen LogP contribution >= 0.6 is 11.3 Å². The van der Waals surface area contributed by atoms with Crippen molar-refractivity contribution in [3.63, 3.8) is 0 Å². The molecule has 2 unspecified atom stereocenters. The summed E-state index contributed by atoms with van der Waals surface area (Å²) in [4.78, 5) is 32.5. The van der Waals surface area contributed by atoms with Crippen LogP contribution in [-0.4, -0.2) is 28.9 Å². The number of fused-ring (bicyclic) bond motifs is 1. The van der Waals surface area contributed by atoms with Crippen LogP contribution in [0.3, 0.4) is 0 Å². The van der Waals surface area contributed by atoms with Crippen molar-refractivity contribution in [3.8, 4) is 17.0 Å². The van der Waals surface area contributed by atoms with Gasteiger partial charge in [-0.2, -0.15) is 0 Å². The topological polar surface area (TPSA) is 71.5 Å². The molecule has 1 aliphatic rings. The molecule has 2 amide bonds. The van der Waals surface area contributed by atoms with Gasteiger partial charge in [0.15, 0.2) is 6.10 Å². The molecule has 1 aliphatic heterocycles. The second kappa shape index (κ2) is 9.12. The highest BCUT2D eigenvalue weighted by atomic mass is 32.1. The minimum atomic E-state index is -0.711. The average Bonchev–Trinajstić information content (AvgIpc) is 3.24. The Morgan fingerprint density at radius 3 is 2.59 bits per heavy atom. The quantitative estimate of drug-likeness (QED) is 0.561. The molecule has 4 rings (SSSR count). The molecule has 6 nitrogen and oxygen atoms in total. The van der Waals surface area contributed by atoms with E-state index in [1.54, 1.807) is 23.2 Å². The Bertz CT molecular complexity index is 1140. The first kappa shape index (κ1) is 22.0. The third kappa shape index (κ3) is 4.25. The van der Waals surface area contributed by atoms with E-state index in [4.69, 9.17) is 4.74 Å². The predicted molar refractivity (Wildman–Crippen MR) is 128 cm³/mol. The Labute approximate surface area is 192 Å². The van der Waals surface area contributed by atoms with Gasteiger partial charge in [-0.15, -0.1) is 11.3 Å². The number of thiazole rings is 1. The Morgan fingerprint density at radius 1 is 1.22 bits per heavy atom. The van der Waals surface area contributed by atoms with Crippen LogP contribution in [0.4, 0.5) is 11.4 Å². The molecule has 166 valence electrons. The lowest BCUT2D eigenvalue weighted by atomic mass is 10.0. The maximum Gasteiger partial charge on any atom is 0.268 e. The van der Waals surface area contributed by atoms with Crippen LogP contribution in [-0.2, 0) is 16.0 Å². The highest BCUT2D eigenvalue weighted by Crippen LogP contribution is 2.39. The predicted octanol–water partition coefficient (Wildman–Crippen LogP) is 5.21. The molecule has 0 saturated carbocycles. The number of hydrogen-bond acceptors (Lipinski definition) is 5. The highest BCUT2D eigenvalue weighted by Gasteiger charge is 2.38. The normalized spacial score (nSPS) is 16.3. The monoisotopic (exact) mass is 449 g/mol. The number of aryl methyl sites for hydroxylation is 2. The van der Waals surface area contributed by atoms with Gasteiger partial charge in [0, 0.05) is 16.6 Å². The maximum atomic E-state index is 13.3. The van der Waals surface area contributed by atoms with Gasteiger partial charge in [0.1, 0.15) is 11.8 Å². The minimum Gasteiger partial charge on any atom is -0.478 e. The van der Waals surface area contributed by atoms with Gasteiger partial charge in [0.05, 0.1) is 16.4 Å². The minimum absolute atomic E-state index is 0.212. The summed E-state index contributed by atoms with van der Waals surface area (Å²) in [6, 6.07) is 12.7. The third-order valence-corrected chi connectivity index (χ3v) is 6.46. The number of carbonyl (C=O) groups is 2. The zero-order valence-electron chi connectivity index (χ0n) is 18.7. The van der Waals surface area contributed by atoms with Gasteiger partial charge in [-0.05, 0) is 62.6 Å². The van der Waals surface area contributed by atoms with Gasteiger partial charge < -0.3 is 10.1 Å². The van der Waals surface area contributed by atoms with Crippen LogP contribution in [0.2, 0.25) is 0 Å². The molecule has 7 heteroatoms. The molecule has 0 spiro atoms. The van der Waals surface area contributed by atoms with Gasteiger partial charge in [-0.3, -0.25) is 14.5 Å². The highest BCUT2D eigenvalue weighted by molar-refractivity contribution is 7.09. The molecular formula is C25H27N3O3S. The number of anilines is 2. The Balaban J connectivity index is 1.66. The number of nitrogens with zero attached hydrogens (tertiary/aromatic N) is 2. The average molecular weight is 450 g/mol. The zero-order valence-corrected chi connectivity index (χ0v) is 19.5. The van der Waals surface area contributed by atoms with E-state index < -0.39 is 12.1 Å². The number of aromatic nitrogens is 1. The van der Waals surface area contributed by atoms with Gasteiger partial charge in [-0.1, -0.05) is 26.0 Å². The molecule has 2 heterocycles. The lowest BCUT2D eigenvalue weighted by Gasteiger charge is -2.37. The van der Waals surface area contributed by atoms with Gasteiger partial charge in [-0.25, -0.2) is 4.98 Å². The summed E-state index contributed by atoms with van der Waals surface area (Å²) >= 11 is 1.57. The molecule has 0 radical (unpaired) electrons. The number of rotatable bonds is 6. The van der Waals surface area contributed by atoms with Crippen LogP contribution in [0, 0.1) is 6.92 Å². The van der Waals surface area contributed by atoms with Gasteiger partial charge in [0.2, 0.25) is 5.91 Å². The Kier molecular flexibility index (Phi) is 6.28. The van der Waals surface area contributed by atoms with Crippen molar-refractivity contribution in [2.45, 2.75) is 52.7 Å². The summed E-state index contributed by atoms with van der Waals surface area (Å²) in [7, 11) is 0. The lowest BCUT2D eigenvalue weighted by molar-refractivity contribution is -0.129. The fourth-order valence-corrected chi connectivity index (χ4v) is 4.41. The molecule has 2 atom stereocenters. The summed E-state index contributed by atoms with van der Waals surface area (Å²) in [6.45, 7) is 7.69. The molecule has 3 aromatic rings. The first-order valence-corrected chi connectivity index (χ1v) is 11.7. The van der Waals surface area contributed by atoms with Crippen LogP contribution in [0.1, 0.15) is 37.8 Å². The fraction of sp³-hybridized carbons (Fsp3) is 0.320. The van der Waals surface area contributed by atoms with E-state index in [-0.39, 0.29) is 11.8 Å². The number of benzene rings is 2. The molecule has 0 aliphatic carbocycles. The Hall–Kier alpha value is -3.19. The molecule has 2 aromatic carbocycles. The van der Waals surface area contributed by atoms with E-state index in [2.05, 4.69) is 17.2 Å². The second-order valence-corrected chi connectivity index (χ2v) is 8.94. The largest absolute Gasteiger partial charge is 0.478 e. The summed E-state index contributed by atoms with van der Waals surface area (Å²) in [5, 5.41) is 5.89. The smallest absolute Gasteiger partial charge is 0.268 e. The molecule has 32 heavy (non-hydrogen) atoms. The molecule has 0 saturated heterocycles. The van der Waals surface area contributed by atoms with Crippen molar-refractivity contribution < 1.29 is 14.3 Å². The molecular weight excluding hydrogens is 422 g/mol. The maximum absolute atomic E-state index is 13.3. The van der Waals surface area contributed by atoms with Crippen LogP contribution in [0.5, 0.6) is 5.75 Å². The van der Waals surface area contributed by atoms with Crippen molar-refractivity contribution in [1.82, 2.24) is 4.98 Å². The molecule has 1 aromatic heterocycles. The third-order valence-electron chi connectivity index (χ3n) is 5.68. The number of amides is 2. The van der Waals surface area contributed by atoms with E-state index in [9.17, 15) is 9.59 Å². The lowest BCUT2D eigenvalue weighted by Crippen LogP contribution is -2.53. The van der Waals surface area contributed by atoms with Crippen LogP contribution < -0.4 is 15.0 Å². The van der Waals surface area contributed by atoms with Crippen molar-refractivity contribution in [2.24, 2.45) is 0 Å². The van der Waals surface area contributed by atoms with Gasteiger partial charge in [0.25, 0.3) is 5.91 Å².